The van der Waals surface area contributed by atoms with Gasteiger partial charge in [-0.2, -0.15) is 0 Å². The van der Waals surface area contributed by atoms with Gasteiger partial charge < -0.3 is 10.2 Å². The summed E-state index contributed by atoms with van der Waals surface area (Å²) < 4.78 is 2.05. The number of anilines is 2. The Balaban J connectivity index is 1.55. The van der Waals surface area contributed by atoms with Crippen molar-refractivity contribution in [2.24, 2.45) is 0 Å². The molecule has 2 aromatic heterocycles. The molecule has 0 aliphatic carbocycles. The van der Waals surface area contributed by atoms with Gasteiger partial charge in [-0.3, -0.25) is 14.3 Å². The maximum absolute atomic E-state index is 12.5. The molecule has 1 unspecified atom stereocenters. The molecular formula is C20H19N5O2S. The highest BCUT2D eigenvalue weighted by Crippen LogP contribution is 2.40. The van der Waals surface area contributed by atoms with Crippen LogP contribution in [-0.2, 0) is 4.79 Å². The third kappa shape index (κ3) is 2.68. The zero-order valence-electron chi connectivity index (χ0n) is 15.3. The Bertz CT molecular complexity index is 1060. The minimum absolute atomic E-state index is 0.0173. The lowest BCUT2D eigenvalue weighted by molar-refractivity contribution is -0.116. The Morgan fingerprint density at radius 1 is 1.21 bits per heavy atom. The summed E-state index contributed by atoms with van der Waals surface area (Å²) in [6, 6.07) is 9.91. The number of nitrogens with one attached hydrogen (secondary N) is 1. The van der Waals surface area contributed by atoms with E-state index in [1.807, 2.05) is 46.5 Å². The number of aromatic nitrogens is 2. The predicted molar refractivity (Wildman–Crippen MR) is 108 cm³/mol. The summed E-state index contributed by atoms with van der Waals surface area (Å²) >= 11 is 1.56. The fourth-order valence-corrected chi connectivity index (χ4v) is 4.60. The zero-order chi connectivity index (χ0) is 19.3. The fraction of sp³-hybridized carbons (Fsp3) is 0.250. The Kier molecular flexibility index (Phi) is 3.94. The molecule has 8 heteroatoms. The van der Waals surface area contributed by atoms with Crippen molar-refractivity contribution in [1.82, 2.24) is 14.5 Å². The molecule has 28 heavy (non-hydrogen) atoms. The number of carbonyl (C=O) groups is 2. The molecule has 3 aromatic rings. The number of nitrogens with zero attached hydrogens (tertiary/aromatic N) is 4. The van der Waals surface area contributed by atoms with Crippen molar-refractivity contribution in [3.05, 3.63) is 59.4 Å². The summed E-state index contributed by atoms with van der Waals surface area (Å²) in [5.41, 5.74) is 3.67. The van der Waals surface area contributed by atoms with E-state index in [0.29, 0.717) is 19.5 Å². The van der Waals surface area contributed by atoms with Crippen molar-refractivity contribution < 1.29 is 9.59 Å². The third-order valence-corrected chi connectivity index (χ3v) is 6.14. The van der Waals surface area contributed by atoms with Gasteiger partial charge in [0.1, 0.15) is 0 Å². The lowest BCUT2D eigenvalue weighted by Gasteiger charge is -2.28. The van der Waals surface area contributed by atoms with Crippen LogP contribution < -0.4 is 10.2 Å². The molecule has 3 amide bonds. The average Bonchev–Trinajstić information content (AvgIpc) is 3.42. The maximum Gasteiger partial charge on any atom is 0.324 e. The van der Waals surface area contributed by atoms with Crippen molar-refractivity contribution in [3.63, 3.8) is 0 Å². The minimum Gasteiger partial charge on any atom is -0.326 e. The monoisotopic (exact) mass is 393 g/mol. The summed E-state index contributed by atoms with van der Waals surface area (Å²) in [6.45, 7) is 1.35. The van der Waals surface area contributed by atoms with E-state index in [1.165, 1.54) is 0 Å². The van der Waals surface area contributed by atoms with Gasteiger partial charge in [0.15, 0.2) is 5.13 Å². The number of thiazole rings is 1. The molecule has 0 bridgehead atoms. The standard InChI is InChI=1S/C20H19N5O2S/c1-23-8-9-24(20(23)27)13-4-5-14-15(12-18(26)22-16(14)11-13)17-3-2-7-25(17)19-21-6-10-28-19/h2-7,10-11,15H,8-9,12H2,1H3,(H,22,26). The smallest absolute Gasteiger partial charge is 0.324 e. The van der Waals surface area contributed by atoms with Crippen molar-refractivity contribution in [2.45, 2.75) is 12.3 Å². The minimum atomic E-state index is -0.0614. The summed E-state index contributed by atoms with van der Waals surface area (Å²) in [6.07, 6.45) is 4.14. The fourth-order valence-electron chi connectivity index (χ4n) is 3.96. The molecule has 2 aliphatic heterocycles. The van der Waals surface area contributed by atoms with E-state index in [-0.39, 0.29) is 17.9 Å². The van der Waals surface area contributed by atoms with Gasteiger partial charge in [0, 0.05) is 67.3 Å². The van der Waals surface area contributed by atoms with Gasteiger partial charge in [-0.25, -0.2) is 9.78 Å². The molecule has 1 saturated heterocycles. The first kappa shape index (κ1) is 17.0. The van der Waals surface area contributed by atoms with Crippen LogP contribution in [0.4, 0.5) is 16.2 Å². The van der Waals surface area contributed by atoms with Crippen LogP contribution in [0.1, 0.15) is 23.6 Å². The largest absolute Gasteiger partial charge is 0.326 e. The van der Waals surface area contributed by atoms with E-state index in [9.17, 15) is 9.59 Å². The molecule has 5 rings (SSSR count). The van der Waals surface area contributed by atoms with Gasteiger partial charge in [-0.15, -0.1) is 11.3 Å². The molecular weight excluding hydrogens is 374 g/mol. The highest BCUT2D eigenvalue weighted by Gasteiger charge is 2.31. The van der Waals surface area contributed by atoms with E-state index < -0.39 is 0 Å². The summed E-state index contributed by atoms with van der Waals surface area (Å²) in [5.74, 6) is -0.0833. The first-order chi connectivity index (χ1) is 13.6. The second kappa shape index (κ2) is 6.49. The van der Waals surface area contributed by atoms with Crippen LogP contribution in [0, 0.1) is 0 Å². The Hall–Kier alpha value is -3.13. The average molecular weight is 393 g/mol. The Morgan fingerprint density at radius 2 is 2.11 bits per heavy atom. The lowest BCUT2D eigenvalue weighted by Crippen LogP contribution is -2.30. The maximum atomic E-state index is 12.5. The van der Waals surface area contributed by atoms with Crippen LogP contribution in [-0.4, -0.2) is 46.5 Å². The van der Waals surface area contributed by atoms with Crippen LogP contribution >= 0.6 is 11.3 Å². The number of benzene rings is 1. The molecule has 7 nitrogen and oxygen atoms in total. The molecule has 0 spiro atoms. The van der Waals surface area contributed by atoms with Gasteiger partial charge in [0.2, 0.25) is 5.91 Å². The number of amides is 3. The SMILES string of the molecule is CN1CCN(c2ccc3c(c2)NC(=O)CC3c2cccn2-c2nccs2)C1=O. The van der Waals surface area contributed by atoms with E-state index in [1.54, 1.807) is 34.4 Å². The van der Waals surface area contributed by atoms with Crippen LogP contribution in [0.5, 0.6) is 0 Å². The molecule has 1 atom stereocenters. The van der Waals surface area contributed by atoms with E-state index >= 15 is 0 Å². The zero-order valence-corrected chi connectivity index (χ0v) is 16.1. The van der Waals surface area contributed by atoms with Crippen molar-refractivity contribution in [1.29, 1.82) is 0 Å². The molecule has 1 fully saturated rings. The van der Waals surface area contributed by atoms with Gasteiger partial charge in [0.05, 0.1) is 0 Å². The summed E-state index contributed by atoms with van der Waals surface area (Å²) in [7, 11) is 1.80. The molecule has 2 aliphatic rings. The molecule has 4 heterocycles. The summed E-state index contributed by atoms with van der Waals surface area (Å²) in [5, 5.41) is 5.81. The quantitative estimate of drug-likeness (QED) is 0.742. The second-order valence-corrected chi connectivity index (χ2v) is 7.92. The van der Waals surface area contributed by atoms with Crippen molar-refractivity contribution >= 4 is 34.6 Å². The molecule has 142 valence electrons. The highest BCUT2D eigenvalue weighted by molar-refractivity contribution is 7.12. The first-order valence-electron chi connectivity index (χ1n) is 9.15. The number of carbonyl (C=O) groups excluding carboxylic acids is 2. The number of hydrogen-bond donors (Lipinski definition) is 1. The van der Waals surface area contributed by atoms with E-state index in [2.05, 4.69) is 10.3 Å². The molecule has 0 radical (unpaired) electrons. The topological polar surface area (TPSA) is 70.5 Å². The van der Waals surface area contributed by atoms with Crippen molar-refractivity contribution in [2.75, 3.05) is 30.4 Å². The van der Waals surface area contributed by atoms with Crippen LogP contribution in [0.15, 0.2) is 48.1 Å². The lowest BCUT2D eigenvalue weighted by atomic mass is 9.87. The van der Waals surface area contributed by atoms with E-state index in [0.717, 1.165) is 27.8 Å². The Morgan fingerprint density at radius 3 is 2.86 bits per heavy atom. The highest BCUT2D eigenvalue weighted by atomic mass is 32.1. The third-order valence-electron chi connectivity index (χ3n) is 5.37. The van der Waals surface area contributed by atoms with Crippen LogP contribution in [0.3, 0.4) is 0 Å². The number of hydrogen-bond acceptors (Lipinski definition) is 4. The molecule has 1 N–H and O–H groups in total. The normalized spacial score (nSPS) is 19.1. The van der Waals surface area contributed by atoms with Crippen LogP contribution in [0.25, 0.3) is 5.13 Å². The van der Waals surface area contributed by atoms with Gasteiger partial charge >= 0.3 is 6.03 Å². The van der Waals surface area contributed by atoms with Crippen molar-refractivity contribution in [3.8, 4) is 5.13 Å². The van der Waals surface area contributed by atoms with E-state index in [4.69, 9.17) is 0 Å². The first-order valence-corrected chi connectivity index (χ1v) is 10.0. The molecule has 0 saturated carbocycles. The van der Waals surface area contributed by atoms with Gasteiger partial charge in [0.25, 0.3) is 0 Å². The second-order valence-electron chi connectivity index (χ2n) is 7.05. The number of fused-ring (bicyclic) bond motifs is 1. The van der Waals surface area contributed by atoms with Crippen LogP contribution in [0.2, 0.25) is 0 Å². The van der Waals surface area contributed by atoms with Gasteiger partial charge in [-0.05, 0) is 29.8 Å². The van der Waals surface area contributed by atoms with Gasteiger partial charge in [-0.1, -0.05) is 6.07 Å². The molecule has 1 aromatic carbocycles. The number of likely N-dealkylation sites (N-methyl/N-ethyl adjacent to an activating group) is 1. The predicted octanol–water partition coefficient (Wildman–Crippen LogP) is 3.28. The summed E-state index contributed by atoms with van der Waals surface area (Å²) in [4.78, 5) is 32.6. The Labute approximate surface area is 166 Å². The number of urea groups is 1. The number of rotatable bonds is 3.